The zero-order valence-corrected chi connectivity index (χ0v) is 14.9. The van der Waals surface area contributed by atoms with E-state index in [-0.39, 0.29) is 39.6 Å². The molecule has 0 fully saturated rings. The smallest absolute Gasteiger partial charge is 0.273 e. The van der Waals surface area contributed by atoms with Crippen molar-refractivity contribution in [1.29, 1.82) is 5.26 Å². The molecule has 0 amide bonds. The van der Waals surface area contributed by atoms with Crippen LogP contribution >= 0.6 is 0 Å². The minimum atomic E-state index is -0.963. The number of nitrogens with zero attached hydrogens (tertiary/aromatic N) is 3. The molecule has 0 bridgehead atoms. The lowest BCUT2D eigenvalue weighted by Crippen LogP contribution is -2.32. The maximum Gasteiger partial charge on any atom is 0.273 e. The van der Waals surface area contributed by atoms with Gasteiger partial charge in [-0.3, -0.25) is 14.9 Å². The zero-order chi connectivity index (χ0) is 19.7. The van der Waals surface area contributed by atoms with Gasteiger partial charge < -0.3 is 15.0 Å². The fourth-order valence-corrected chi connectivity index (χ4v) is 3.38. The lowest BCUT2D eigenvalue weighted by Gasteiger charge is -2.27. The van der Waals surface area contributed by atoms with Gasteiger partial charge in [0, 0.05) is 30.4 Å². The molecule has 1 aromatic heterocycles. The molecule has 1 atom stereocenters. The highest BCUT2D eigenvalue weighted by Gasteiger charge is 2.37. The number of hydrogen-bond acceptors (Lipinski definition) is 6. The van der Waals surface area contributed by atoms with Crippen molar-refractivity contribution in [3.8, 4) is 11.8 Å². The molecule has 3 rings (SSSR count). The summed E-state index contributed by atoms with van der Waals surface area (Å²) in [5.41, 5.74) is 6.53. The summed E-state index contributed by atoms with van der Waals surface area (Å²) in [5.74, 6) is -0.875. The number of ether oxygens (including phenoxy) is 1. The molecule has 138 valence electrons. The van der Waals surface area contributed by atoms with Gasteiger partial charge >= 0.3 is 0 Å². The van der Waals surface area contributed by atoms with E-state index in [1.54, 1.807) is 19.2 Å². The number of para-hydroxylation sites is 1. The maximum absolute atomic E-state index is 13.1. The molecule has 0 saturated heterocycles. The number of hydrogen-bond donors (Lipinski definition) is 1. The number of nitro groups is 1. The number of rotatable bonds is 4. The van der Waals surface area contributed by atoms with Crippen molar-refractivity contribution in [1.82, 2.24) is 4.57 Å². The molecule has 1 unspecified atom stereocenters. The Labute approximate surface area is 155 Å². The molecule has 2 aromatic rings. The van der Waals surface area contributed by atoms with Crippen molar-refractivity contribution >= 4 is 5.69 Å². The number of fused-ring (bicyclic) bond motifs is 1. The average molecular weight is 366 g/mol. The number of aryl methyl sites for hydroxylation is 1. The van der Waals surface area contributed by atoms with Crippen LogP contribution in [0.1, 0.15) is 36.1 Å². The Kier molecular flexibility index (Phi) is 4.69. The van der Waals surface area contributed by atoms with Crippen LogP contribution in [-0.4, -0.2) is 9.49 Å². The van der Waals surface area contributed by atoms with Crippen LogP contribution < -0.4 is 16.0 Å². The van der Waals surface area contributed by atoms with Gasteiger partial charge in [0.05, 0.1) is 16.4 Å². The number of nitro benzene ring substituents is 1. The summed E-state index contributed by atoms with van der Waals surface area (Å²) in [5, 5.41) is 21.1. The molecule has 2 N–H and O–H groups in total. The molecule has 8 nitrogen and oxygen atoms in total. The van der Waals surface area contributed by atoms with Crippen molar-refractivity contribution in [2.24, 2.45) is 12.8 Å². The molecule has 0 aliphatic carbocycles. The SMILES string of the molecule is CCCc1cc2c(c(=O)n1C)C(c1ccccc1[N+](=O)[O-])C(C#N)=C(N)O2. The first-order valence-corrected chi connectivity index (χ1v) is 8.44. The number of nitriles is 1. The summed E-state index contributed by atoms with van der Waals surface area (Å²) in [6, 6.07) is 9.69. The first-order chi connectivity index (χ1) is 12.9. The molecule has 1 aliphatic rings. The van der Waals surface area contributed by atoms with Gasteiger partial charge in [0.15, 0.2) is 0 Å². The van der Waals surface area contributed by atoms with E-state index in [1.807, 2.05) is 13.0 Å². The second-order valence-corrected chi connectivity index (χ2v) is 6.27. The minimum Gasteiger partial charge on any atom is -0.440 e. The van der Waals surface area contributed by atoms with E-state index in [1.165, 1.54) is 22.8 Å². The Morgan fingerprint density at radius 2 is 2.11 bits per heavy atom. The predicted molar refractivity (Wildman–Crippen MR) is 98.1 cm³/mol. The van der Waals surface area contributed by atoms with Crippen LogP contribution in [0.5, 0.6) is 5.75 Å². The number of aromatic nitrogens is 1. The second-order valence-electron chi connectivity index (χ2n) is 6.27. The lowest BCUT2D eigenvalue weighted by molar-refractivity contribution is -0.385. The van der Waals surface area contributed by atoms with Crippen LogP contribution in [0.2, 0.25) is 0 Å². The summed E-state index contributed by atoms with van der Waals surface area (Å²) in [4.78, 5) is 24.1. The predicted octanol–water partition coefficient (Wildman–Crippen LogP) is 2.46. The fraction of sp³-hybridized carbons (Fsp3) is 0.263. The summed E-state index contributed by atoms with van der Waals surface area (Å²) < 4.78 is 7.05. The van der Waals surface area contributed by atoms with E-state index in [0.29, 0.717) is 6.42 Å². The normalized spacial score (nSPS) is 15.7. The molecule has 0 spiro atoms. The second kappa shape index (κ2) is 6.96. The van der Waals surface area contributed by atoms with Gasteiger partial charge in [-0.25, -0.2) is 0 Å². The van der Waals surface area contributed by atoms with Gasteiger partial charge in [0.25, 0.3) is 11.2 Å². The zero-order valence-electron chi connectivity index (χ0n) is 14.9. The topological polar surface area (TPSA) is 124 Å². The van der Waals surface area contributed by atoms with E-state index < -0.39 is 10.8 Å². The van der Waals surface area contributed by atoms with E-state index in [0.717, 1.165) is 12.1 Å². The molecule has 8 heteroatoms. The van der Waals surface area contributed by atoms with Gasteiger partial charge in [-0.1, -0.05) is 31.5 Å². The molecular formula is C19H18N4O4. The summed E-state index contributed by atoms with van der Waals surface area (Å²) >= 11 is 0. The van der Waals surface area contributed by atoms with Gasteiger partial charge in [0.1, 0.15) is 17.4 Å². The monoisotopic (exact) mass is 366 g/mol. The Hall–Kier alpha value is -3.60. The van der Waals surface area contributed by atoms with Crippen LogP contribution in [0.25, 0.3) is 0 Å². The number of allylic oxidation sites excluding steroid dienone is 1. The van der Waals surface area contributed by atoms with Crippen molar-refractivity contribution < 1.29 is 9.66 Å². The molecule has 1 aromatic carbocycles. The summed E-state index contributed by atoms with van der Waals surface area (Å²) in [6.45, 7) is 1.99. The third-order valence-electron chi connectivity index (χ3n) is 4.66. The Morgan fingerprint density at radius 1 is 1.41 bits per heavy atom. The van der Waals surface area contributed by atoms with Crippen molar-refractivity contribution in [3.05, 3.63) is 79.1 Å². The molecule has 0 radical (unpaired) electrons. The van der Waals surface area contributed by atoms with Crippen LogP contribution in [0.3, 0.4) is 0 Å². The quantitative estimate of drug-likeness (QED) is 0.655. The Bertz CT molecular complexity index is 1060. The standard InChI is InChI=1S/C19H18N4O4/c1-3-6-11-9-15-17(19(24)22(11)2)16(13(10-20)18(21)27-15)12-7-4-5-8-14(12)23(25)26/h4-5,7-9,16H,3,6,21H2,1-2H3. The van der Waals surface area contributed by atoms with E-state index in [9.17, 15) is 20.2 Å². The van der Waals surface area contributed by atoms with Gasteiger partial charge in [-0.05, 0) is 6.42 Å². The highest BCUT2D eigenvalue weighted by Crippen LogP contribution is 2.43. The Balaban J connectivity index is 2.36. The van der Waals surface area contributed by atoms with Crippen LogP contribution in [0.15, 0.2) is 46.6 Å². The van der Waals surface area contributed by atoms with Crippen LogP contribution in [-0.2, 0) is 13.5 Å². The van der Waals surface area contributed by atoms with Crippen molar-refractivity contribution in [3.63, 3.8) is 0 Å². The lowest BCUT2D eigenvalue weighted by atomic mass is 9.83. The van der Waals surface area contributed by atoms with Crippen molar-refractivity contribution in [2.45, 2.75) is 25.7 Å². The van der Waals surface area contributed by atoms with Gasteiger partial charge in [-0.2, -0.15) is 5.26 Å². The molecule has 27 heavy (non-hydrogen) atoms. The van der Waals surface area contributed by atoms with Crippen LogP contribution in [0.4, 0.5) is 5.69 Å². The average Bonchev–Trinajstić information content (AvgIpc) is 2.65. The van der Waals surface area contributed by atoms with Crippen molar-refractivity contribution in [2.75, 3.05) is 0 Å². The highest BCUT2D eigenvalue weighted by atomic mass is 16.6. The fourth-order valence-electron chi connectivity index (χ4n) is 3.38. The highest BCUT2D eigenvalue weighted by molar-refractivity contribution is 5.59. The third kappa shape index (κ3) is 2.93. The summed E-state index contributed by atoms with van der Waals surface area (Å²) in [6.07, 6.45) is 1.49. The van der Waals surface area contributed by atoms with E-state index in [4.69, 9.17) is 10.5 Å². The molecular weight excluding hydrogens is 348 g/mol. The van der Waals surface area contributed by atoms with E-state index >= 15 is 0 Å². The molecule has 1 aliphatic heterocycles. The molecule has 2 heterocycles. The maximum atomic E-state index is 13.1. The largest absolute Gasteiger partial charge is 0.440 e. The first kappa shape index (κ1) is 18.2. The Morgan fingerprint density at radius 3 is 2.74 bits per heavy atom. The third-order valence-corrected chi connectivity index (χ3v) is 4.66. The minimum absolute atomic E-state index is 0.0165. The number of pyridine rings is 1. The van der Waals surface area contributed by atoms with Gasteiger partial charge in [-0.15, -0.1) is 0 Å². The first-order valence-electron chi connectivity index (χ1n) is 8.44. The van der Waals surface area contributed by atoms with Crippen LogP contribution in [0, 0.1) is 21.4 Å². The van der Waals surface area contributed by atoms with Gasteiger partial charge in [0.2, 0.25) is 5.88 Å². The number of nitrogens with two attached hydrogens (primary N) is 1. The number of benzene rings is 1. The molecule has 0 saturated carbocycles. The van der Waals surface area contributed by atoms with E-state index in [2.05, 4.69) is 0 Å². The summed E-state index contributed by atoms with van der Waals surface area (Å²) in [7, 11) is 1.64.